The number of carboxylic acid groups (broad SMARTS) is 1. The van der Waals surface area contributed by atoms with Gasteiger partial charge in [0.2, 0.25) is 0 Å². The Hall–Kier alpha value is -0.610. The molecule has 1 saturated carbocycles. The first kappa shape index (κ1) is 15.8. The van der Waals surface area contributed by atoms with Gasteiger partial charge >= 0.3 is 5.97 Å². The maximum atomic E-state index is 11.7. The summed E-state index contributed by atoms with van der Waals surface area (Å²) in [5.74, 6) is -0.657. The topological polar surface area (TPSA) is 52.6 Å². The Labute approximate surface area is 122 Å². The summed E-state index contributed by atoms with van der Waals surface area (Å²) in [7, 11) is 0. The van der Waals surface area contributed by atoms with Crippen molar-refractivity contribution in [1.82, 2.24) is 10.2 Å². The highest BCUT2D eigenvalue weighted by Gasteiger charge is 2.47. The Morgan fingerprint density at radius 1 is 1.35 bits per heavy atom. The second kappa shape index (κ2) is 6.90. The first-order valence-corrected chi connectivity index (χ1v) is 8.33. The van der Waals surface area contributed by atoms with E-state index in [1.165, 1.54) is 25.7 Å². The van der Waals surface area contributed by atoms with Gasteiger partial charge in [-0.3, -0.25) is 9.69 Å². The van der Waals surface area contributed by atoms with E-state index in [4.69, 9.17) is 0 Å². The van der Waals surface area contributed by atoms with Crippen molar-refractivity contribution < 1.29 is 9.90 Å². The van der Waals surface area contributed by atoms with E-state index >= 15 is 0 Å². The molecule has 1 heterocycles. The van der Waals surface area contributed by atoms with E-state index in [9.17, 15) is 9.90 Å². The van der Waals surface area contributed by atoms with E-state index in [0.717, 1.165) is 38.8 Å². The second-order valence-corrected chi connectivity index (χ2v) is 6.65. The van der Waals surface area contributed by atoms with Crippen molar-refractivity contribution in [2.75, 3.05) is 13.1 Å². The lowest BCUT2D eigenvalue weighted by molar-refractivity contribution is -0.144. The van der Waals surface area contributed by atoms with Crippen LogP contribution in [-0.4, -0.2) is 46.7 Å². The van der Waals surface area contributed by atoms with Crippen LogP contribution < -0.4 is 5.32 Å². The first-order chi connectivity index (χ1) is 9.59. The minimum Gasteiger partial charge on any atom is -0.480 e. The number of carboxylic acids is 1. The highest BCUT2D eigenvalue weighted by atomic mass is 16.4. The van der Waals surface area contributed by atoms with Gasteiger partial charge in [0.05, 0.1) is 0 Å². The molecule has 4 heteroatoms. The lowest BCUT2D eigenvalue weighted by Gasteiger charge is -2.34. The molecule has 0 spiro atoms. The number of hydrogen-bond donors (Lipinski definition) is 2. The Morgan fingerprint density at radius 2 is 2.15 bits per heavy atom. The first-order valence-electron chi connectivity index (χ1n) is 8.33. The maximum Gasteiger partial charge on any atom is 0.323 e. The number of aliphatic carboxylic acids is 1. The molecule has 4 nitrogen and oxygen atoms in total. The molecule has 2 N–H and O–H groups in total. The summed E-state index contributed by atoms with van der Waals surface area (Å²) in [5, 5.41) is 13.0. The average Bonchev–Trinajstić information content (AvgIpc) is 2.74. The molecule has 2 aliphatic rings. The number of nitrogens with one attached hydrogen (secondary N) is 1. The summed E-state index contributed by atoms with van der Waals surface area (Å²) >= 11 is 0. The fourth-order valence-electron chi connectivity index (χ4n) is 3.94. The van der Waals surface area contributed by atoms with Crippen LogP contribution in [0.3, 0.4) is 0 Å². The molecular weight excluding hydrogens is 252 g/mol. The van der Waals surface area contributed by atoms with E-state index in [0.29, 0.717) is 12.1 Å². The van der Waals surface area contributed by atoms with Gasteiger partial charge in [0, 0.05) is 12.1 Å². The van der Waals surface area contributed by atoms with Crippen molar-refractivity contribution in [3.63, 3.8) is 0 Å². The van der Waals surface area contributed by atoms with E-state index in [-0.39, 0.29) is 0 Å². The molecule has 1 saturated heterocycles. The van der Waals surface area contributed by atoms with Crippen molar-refractivity contribution in [2.45, 2.75) is 82.8 Å². The highest BCUT2D eigenvalue weighted by Crippen LogP contribution is 2.36. The molecule has 0 aromatic rings. The predicted molar refractivity (Wildman–Crippen MR) is 80.9 cm³/mol. The number of hydrogen-bond acceptors (Lipinski definition) is 3. The van der Waals surface area contributed by atoms with Crippen molar-refractivity contribution in [3.05, 3.63) is 0 Å². The quantitative estimate of drug-likeness (QED) is 0.814. The minimum atomic E-state index is -0.674. The third-order valence-electron chi connectivity index (χ3n) is 5.18. The van der Waals surface area contributed by atoms with Gasteiger partial charge in [0.1, 0.15) is 5.54 Å². The van der Waals surface area contributed by atoms with Gasteiger partial charge < -0.3 is 10.4 Å². The molecule has 116 valence electrons. The zero-order valence-corrected chi connectivity index (χ0v) is 13.0. The smallest absolute Gasteiger partial charge is 0.323 e. The third kappa shape index (κ3) is 3.34. The number of rotatable bonds is 5. The van der Waals surface area contributed by atoms with Crippen LogP contribution in [0.5, 0.6) is 0 Å². The predicted octanol–water partition coefficient (Wildman–Crippen LogP) is 2.63. The largest absolute Gasteiger partial charge is 0.480 e. The molecule has 3 atom stereocenters. The zero-order chi connectivity index (χ0) is 14.6. The normalized spacial score (nSPS) is 35.9. The molecule has 0 radical (unpaired) electrons. The van der Waals surface area contributed by atoms with Crippen LogP contribution in [-0.2, 0) is 4.79 Å². The monoisotopic (exact) mass is 282 g/mol. The number of nitrogens with zero attached hydrogens (tertiary/aromatic N) is 1. The highest BCUT2D eigenvalue weighted by molar-refractivity contribution is 5.79. The van der Waals surface area contributed by atoms with Gasteiger partial charge in [-0.1, -0.05) is 19.8 Å². The van der Waals surface area contributed by atoms with Crippen LogP contribution in [0.1, 0.15) is 65.2 Å². The third-order valence-corrected chi connectivity index (χ3v) is 5.18. The molecule has 2 rings (SSSR count). The van der Waals surface area contributed by atoms with Crippen molar-refractivity contribution in [3.8, 4) is 0 Å². The molecule has 1 aliphatic carbocycles. The Kier molecular flexibility index (Phi) is 5.44. The SMILES string of the molecule is CCCNC1(C(=O)O)CCC(N2CCCCCC2C)C1. The van der Waals surface area contributed by atoms with Gasteiger partial charge in [-0.25, -0.2) is 0 Å². The molecule has 20 heavy (non-hydrogen) atoms. The average molecular weight is 282 g/mol. The summed E-state index contributed by atoms with van der Waals surface area (Å²) < 4.78 is 0. The number of carbonyl (C=O) groups is 1. The molecule has 0 bridgehead atoms. The fraction of sp³-hybridized carbons (Fsp3) is 0.938. The Balaban J connectivity index is 2.03. The van der Waals surface area contributed by atoms with Gasteiger partial charge in [0.15, 0.2) is 0 Å². The molecular formula is C16H30N2O2. The lowest BCUT2D eigenvalue weighted by atomic mass is 9.96. The van der Waals surface area contributed by atoms with Gasteiger partial charge in [0.25, 0.3) is 0 Å². The molecule has 3 unspecified atom stereocenters. The van der Waals surface area contributed by atoms with Crippen LogP contribution in [0.4, 0.5) is 0 Å². The lowest BCUT2D eigenvalue weighted by Crippen LogP contribution is -2.52. The number of likely N-dealkylation sites (tertiary alicyclic amines) is 1. The second-order valence-electron chi connectivity index (χ2n) is 6.65. The molecule has 0 amide bonds. The van der Waals surface area contributed by atoms with Gasteiger partial charge in [-0.05, 0) is 58.5 Å². The van der Waals surface area contributed by atoms with Crippen LogP contribution in [0.15, 0.2) is 0 Å². The molecule has 1 aliphatic heterocycles. The summed E-state index contributed by atoms with van der Waals surface area (Å²) in [5.41, 5.74) is -0.674. The van der Waals surface area contributed by atoms with E-state index < -0.39 is 11.5 Å². The fourth-order valence-corrected chi connectivity index (χ4v) is 3.94. The molecule has 0 aromatic carbocycles. The van der Waals surface area contributed by atoms with Gasteiger partial charge in [-0.2, -0.15) is 0 Å². The molecule has 2 fully saturated rings. The summed E-state index contributed by atoms with van der Waals surface area (Å²) in [4.78, 5) is 14.3. The summed E-state index contributed by atoms with van der Waals surface area (Å²) in [6.45, 7) is 6.35. The minimum absolute atomic E-state index is 0.448. The van der Waals surface area contributed by atoms with Crippen LogP contribution in [0, 0.1) is 0 Å². The maximum absolute atomic E-state index is 11.7. The standard InChI is InChI=1S/C16H30N2O2/c1-3-10-17-16(15(19)20)9-8-14(12-16)18-11-6-4-5-7-13(18)2/h13-14,17H,3-12H2,1-2H3,(H,19,20). The zero-order valence-electron chi connectivity index (χ0n) is 13.0. The van der Waals surface area contributed by atoms with E-state index in [1.807, 2.05) is 0 Å². The van der Waals surface area contributed by atoms with Crippen molar-refractivity contribution >= 4 is 5.97 Å². The van der Waals surface area contributed by atoms with Crippen molar-refractivity contribution in [1.29, 1.82) is 0 Å². The summed E-state index contributed by atoms with van der Waals surface area (Å²) in [6, 6.07) is 1.06. The Bertz CT molecular complexity index is 334. The molecule has 0 aromatic heterocycles. The van der Waals surface area contributed by atoms with Crippen LogP contribution >= 0.6 is 0 Å². The Morgan fingerprint density at radius 3 is 2.85 bits per heavy atom. The van der Waals surface area contributed by atoms with E-state index in [2.05, 4.69) is 24.1 Å². The van der Waals surface area contributed by atoms with Crippen molar-refractivity contribution in [2.24, 2.45) is 0 Å². The van der Waals surface area contributed by atoms with Crippen LogP contribution in [0.2, 0.25) is 0 Å². The van der Waals surface area contributed by atoms with Gasteiger partial charge in [-0.15, -0.1) is 0 Å². The van der Waals surface area contributed by atoms with E-state index in [1.54, 1.807) is 0 Å². The summed E-state index contributed by atoms with van der Waals surface area (Å²) in [6.07, 6.45) is 8.73. The van der Waals surface area contributed by atoms with Crippen LogP contribution in [0.25, 0.3) is 0 Å².